The lowest BCUT2D eigenvalue weighted by molar-refractivity contribution is -0.140. The molecule has 8 nitrogen and oxygen atoms in total. The van der Waals surface area contributed by atoms with E-state index in [1.165, 1.54) is 0 Å². The molecule has 9 heteroatoms. The largest absolute Gasteiger partial charge is 0.462 e. The van der Waals surface area contributed by atoms with Crippen LogP contribution in [-0.4, -0.2) is 59.8 Å². The summed E-state index contributed by atoms with van der Waals surface area (Å²) in [5, 5.41) is 9.44. The SMILES string of the molecule is CCOC(=O)c1cc(-c2ccc(/C=C3\C(=O)N(CCCO)C(=O)C(C4=NC4)=C3C)o2)ccc1Cl. The highest BCUT2D eigenvalue weighted by atomic mass is 35.5. The number of carbonyl (C=O) groups is 3. The fourth-order valence-electron chi connectivity index (χ4n) is 3.74. The first-order chi connectivity index (χ1) is 16.3. The molecule has 0 radical (unpaired) electrons. The standard InChI is InChI=1S/C25H23ClN2O6/c1-3-33-25(32)18-11-15(5-7-19(18)26)21-8-6-16(34-21)12-17-14(2)22(20-13-27-20)24(31)28(23(17)30)9-4-10-29/h5-8,11-12,29H,3-4,9-10,13H2,1-2H3/b17-12-. The van der Waals surface area contributed by atoms with Gasteiger partial charge in [-0.3, -0.25) is 19.5 Å². The predicted octanol–water partition coefficient (Wildman–Crippen LogP) is 3.68. The van der Waals surface area contributed by atoms with E-state index in [4.69, 9.17) is 25.9 Å². The van der Waals surface area contributed by atoms with Crippen LogP contribution in [0, 0.1) is 0 Å². The van der Waals surface area contributed by atoms with E-state index < -0.39 is 17.8 Å². The number of hydrogen-bond donors (Lipinski definition) is 1. The molecular weight excluding hydrogens is 460 g/mol. The second-order valence-electron chi connectivity index (χ2n) is 7.78. The number of benzene rings is 1. The van der Waals surface area contributed by atoms with Gasteiger partial charge in [0.15, 0.2) is 0 Å². The minimum absolute atomic E-state index is 0.111. The average Bonchev–Trinajstić information content (AvgIpc) is 3.53. The Kier molecular flexibility index (Phi) is 6.81. The highest BCUT2D eigenvalue weighted by Crippen LogP contribution is 2.32. The van der Waals surface area contributed by atoms with Gasteiger partial charge in [0, 0.05) is 24.3 Å². The summed E-state index contributed by atoms with van der Waals surface area (Å²) >= 11 is 6.15. The van der Waals surface area contributed by atoms with Gasteiger partial charge in [0.05, 0.1) is 35.0 Å². The van der Waals surface area contributed by atoms with E-state index in [9.17, 15) is 14.4 Å². The normalized spacial score (nSPS) is 16.9. The Morgan fingerprint density at radius 1 is 1.26 bits per heavy atom. The molecule has 2 amide bonds. The van der Waals surface area contributed by atoms with Crippen LogP contribution in [0.25, 0.3) is 17.4 Å². The van der Waals surface area contributed by atoms with E-state index in [1.54, 1.807) is 50.3 Å². The number of nitrogens with zero attached hydrogens (tertiary/aromatic N) is 2. The second kappa shape index (κ2) is 9.79. The van der Waals surface area contributed by atoms with Crippen LogP contribution in [0.3, 0.4) is 0 Å². The van der Waals surface area contributed by atoms with Crippen molar-refractivity contribution in [2.75, 3.05) is 26.3 Å². The number of ether oxygens (including phenoxy) is 1. The summed E-state index contributed by atoms with van der Waals surface area (Å²) in [4.78, 5) is 43.4. The maximum atomic E-state index is 13.1. The zero-order valence-electron chi connectivity index (χ0n) is 18.8. The summed E-state index contributed by atoms with van der Waals surface area (Å²) < 4.78 is 11.0. The van der Waals surface area contributed by atoms with Crippen molar-refractivity contribution in [1.82, 2.24) is 4.90 Å². The number of halogens is 1. The van der Waals surface area contributed by atoms with Crippen molar-refractivity contribution < 1.29 is 28.6 Å². The number of carbonyl (C=O) groups excluding carboxylic acids is 3. The fourth-order valence-corrected chi connectivity index (χ4v) is 3.93. The van der Waals surface area contributed by atoms with Gasteiger partial charge in [-0.25, -0.2) is 4.79 Å². The van der Waals surface area contributed by atoms with Gasteiger partial charge in [0.1, 0.15) is 11.5 Å². The molecule has 3 heterocycles. The van der Waals surface area contributed by atoms with Crippen molar-refractivity contribution in [3.05, 3.63) is 63.4 Å². The summed E-state index contributed by atoms with van der Waals surface area (Å²) in [7, 11) is 0. The number of imide groups is 1. The average molecular weight is 483 g/mol. The van der Waals surface area contributed by atoms with Crippen molar-refractivity contribution >= 4 is 41.2 Å². The van der Waals surface area contributed by atoms with Crippen LogP contribution in [0.5, 0.6) is 0 Å². The Labute approximate surface area is 201 Å². The van der Waals surface area contributed by atoms with Crippen molar-refractivity contribution in [1.29, 1.82) is 0 Å². The number of aliphatic hydroxyl groups excluding tert-OH is 1. The van der Waals surface area contributed by atoms with Crippen LogP contribution >= 0.6 is 11.6 Å². The number of aliphatic imine (C=N–C) groups is 1. The Morgan fingerprint density at radius 3 is 2.71 bits per heavy atom. The van der Waals surface area contributed by atoms with Crippen LogP contribution in [0.4, 0.5) is 0 Å². The van der Waals surface area contributed by atoms with Gasteiger partial charge in [-0.2, -0.15) is 0 Å². The second-order valence-corrected chi connectivity index (χ2v) is 8.18. The van der Waals surface area contributed by atoms with Crippen molar-refractivity contribution in [3.63, 3.8) is 0 Å². The van der Waals surface area contributed by atoms with Gasteiger partial charge < -0.3 is 14.3 Å². The Hall–Kier alpha value is -3.49. The van der Waals surface area contributed by atoms with E-state index in [1.807, 2.05) is 0 Å². The van der Waals surface area contributed by atoms with Gasteiger partial charge in [0.2, 0.25) is 0 Å². The third kappa shape index (κ3) is 4.60. The molecule has 1 aromatic carbocycles. The molecule has 1 N–H and O–H groups in total. The van der Waals surface area contributed by atoms with Crippen molar-refractivity contribution in [2.24, 2.45) is 4.99 Å². The number of amides is 2. The highest BCUT2D eigenvalue weighted by Gasteiger charge is 2.39. The molecule has 176 valence electrons. The molecule has 0 saturated heterocycles. The lowest BCUT2D eigenvalue weighted by Gasteiger charge is -2.28. The van der Waals surface area contributed by atoms with Crippen LogP contribution in [0.1, 0.15) is 36.4 Å². The number of aliphatic hydroxyl groups is 1. The molecule has 2 aliphatic heterocycles. The molecule has 0 atom stereocenters. The van der Waals surface area contributed by atoms with Crippen molar-refractivity contribution in [3.8, 4) is 11.3 Å². The Balaban J connectivity index is 1.69. The van der Waals surface area contributed by atoms with Crippen LogP contribution in [0.15, 0.2) is 56.5 Å². The van der Waals surface area contributed by atoms with E-state index in [0.717, 1.165) is 4.90 Å². The summed E-state index contributed by atoms with van der Waals surface area (Å²) in [5.41, 5.74) is 2.81. The van der Waals surface area contributed by atoms with Crippen molar-refractivity contribution in [2.45, 2.75) is 20.3 Å². The molecule has 1 aromatic heterocycles. The fraction of sp³-hybridized carbons (Fsp3) is 0.280. The summed E-state index contributed by atoms with van der Waals surface area (Å²) in [5.74, 6) is -0.495. The van der Waals surface area contributed by atoms with Gasteiger partial charge in [-0.1, -0.05) is 11.6 Å². The first-order valence-corrected chi connectivity index (χ1v) is 11.2. The zero-order chi connectivity index (χ0) is 24.4. The first-order valence-electron chi connectivity index (χ1n) is 10.9. The smallest absolute Gasteiger partial charge is 0.339 e. The van der Waals surface area contributed by atoms with Crippen LogP contribution < -0.4 is 0 Å². The molecule has 4 rings (SSSR count). The summed E-state index contributed by atoms with van der Waals surface area (Å²) in [6.45, 7) is 4.11. The van der Waals surface area contributed by atoms with E-state index in [-0.39, 0.29) is 36.8 Å². The molecule has 0 spiro atoms. The molecule has 2 aromatic rings. The van der Waals surface area contributed by atoms with Crippen LogP contribution in [-0.2, 0) is 14.3 Å². The molecule has 0 fully saturated rings. The Morgan fingerprint density at radius 2 is 2.03 bits per heavy atom. The number of esters is 1. The molecule has 2 aliphatic rings. The van der Waals surface area contributed by atoms with E-state index in [0.29, 0.717) is 46.1 Å². The maximum absolute atomic E-state index is 13.1. The Bertz CT molecular complexity index is 1270. The maximum Gasteiger partial charge on any atom is 0.339 e. The quantitative estimate of drug-likeness (QED) is 0.349. The molecule has 0 unspecified atom stereocenters. The minimum Gasteiger partial charge on any atom is -0.462 e. The number of hydrogen-bond acceptors (Lipinski definition) is 7. The lowest BCUT2D eigenvalue weighted by atomic mass is 9.92. The zero-order valence-corrected chi connectivity index (χ0v) is 19.5. The monoisotopic (exact) mass is 482 g/mol. The third-order valence-corrected chi connectivity index (χ3v) is 5.85. The van der Waals surface area contributed by atoms with Gasteiger partial charge in [0.25, 0.3) is 11.8 Å². The number of furan rings is 1. The molecular formula is C25H23ClN2O6. The minimum atomic E-state index is -0.528. The molecule has 34 heavy (non-hydrogen) atoms. The van der Waals surface area contributed by atoms with Crippen LogP contribution in [0.2, 0.25) is 5.02 Å². The van der Waals surface area contributed by atoms with E-state index in [2.05, 4.69) is 4.99 Å². The summed E-state index contributed by atoms with van der Waals surface area (Å²) in [6.07, 6.45) is 1.87. The first kappa shape index (κ1) is 23.7. The molecule has 0 saturated carbocycles. The van der Waals surface area contributed by atoms with Gasteiger partial charge in [-0.15, -0.1) is 0 Å². The highest BCUT2D eigenvalue weighted by molar-refractivity contribution is 6.34. The molecule has 0 bridgehead atoms. The van der Waals surface area contributed by atoms with Gasteiger partial charge >= 0.3 is 5.97 Å². The molecule has 0 aliphatic carbocycles. The summed E-state index contributed by atoms with van der Waals surface area (Å²) in [6, 6.07) is 8.32. The predicted molar refractivity (Wildman–Crippen MR) is 127 cm³/mol. The van der Waals surface area contributed by atoms with E-state index >= 15 is 0 Å². The lowest BCUT2D eigenvalue weighted by Crippen LogP contribution is -2.44. The number of rotatable bonds is 8. The van der Waals surface area contributed by atoms with Gasteiger partial charge in [-0.05, 0) is 62.2 Å². The third-order valence-electron chi connectivity index (χ3n) is 5.52. The topological polar surface area (TPSA) is 109 Å².